The van der Waals surface area contributed by atoms with Crippen LogP contribution in [0.3, 0.4) is 0 Å². The third kappa shape index (κ3) is 1.31. The van der Waals surface area contributed by atoms with Gasteiger partial charge in [0.05, 0.1) is 19.8 Å². The number of rotatable bonds is 1. The molecular formula is C12H14O3. The van der Waals surface area contributed by atoms with Crippen LogP contribution in [0.2, 0.25) is 0 Å². The lowest BCUT2D eigenvalue weighted by Crippen LogP contribution is -2.25. The summed E-state index contributed by atoms with van der Waals surface area (Å²) in [6.07, 6.45) is 0.925. The molecule has 0 aromatic heterocycles. The molecule has 3 nitrogen and oxygen atoms in total. The quantitative estimate of drug-likeness (QED) is 0.753. The average Bonchev–Trinajstić information content (AvgIpc) is 2.89. The smallest absolute Gasteiger partial charge is 0.119 e. The molecule has 1 saturated heterocycles. The third-order valence-electron chi connectivity index (χ3n) is 3.34. The summed E-state index contributed by atoms with van der Waals surface area (Å²) in [5.74, 6) is 0. The number of hydrogen-bond donors (Lipinski definition) is 1. The third-order valence-corrected chi connectivity index (χ3v) is 3.34. The highest BCUT2D eigenvalue weighted by atomic mass is 16.6. The van der Waals surface area contributed by atoms with E-state index in [1.807, 2.05) is 12.1 Å². The van der Waals surface area contributed by atoms with Gasteiger partial charge in [-0.3, -0.25) is 0 Å². The van der Waals surface area contributed by atoms with Crippen molar-refractivity contribution >= 4 is 0 Å². The Hall–Kier alpha value is -0.900. The van der Waals surface area contributed by atoms with Crippen molar-refractivity contribution in [1.29, 1.82) is 0 Å². The second-order valence-corrected chi connectivity index (χ2v) is 4.24. The maximum Gasteiger partial charge on any atom is 0.119 e. The molecule has 0 amide bonds. The fourth-order valence-corrected chi connectivity index (χ4v) is 2.44. The van der Waals surface area contributed by atoms with E-state index >= 15 is 0 Å². The Labute approximate surface area is 88.6 Å². The van der Waals surface area contributed by atoms with Crippen molar-refractivity contribution in [2.45, 2.75) is 25.2 Å². The van der Waals surface area contributed by atoms with Crippen LogP contribution in [0.1, 0.15) is 23.1 Å². The van der Waals surface area contributed by atoms with Gasteiger partial charge in [0.1, 0.15) is 5.60 Å². The lowest BCUT2D eigenvalue weighted by molar-refractivity contribution is -0.0421. The Morgan fingerprint density at radius 1 is 1.40 bits per heavy atom. The Kier molecular flexibility index (Phi) is 2.06. The summed E-state index contributed by atoms with van der Waals surface area (Å²) in [4.78, 5) is 0. The van der Waals surface area contributed by atoms with E-state index in [0.29, 0.717) is 13.2 Å². The van der Waals surface area contributed by atoms with Gasteiger partial charge < -0.3 is 14.6 Å². The average molecular weight is 206 g/mol. The van der Waals surface area contributed by atoms with Gasteiger partial charge in [-0.1, -0.05) is 18.2 Å². The molecule has 1 aromatic rings. The number of benzene rings is 1. The maximum atomic E-state index is 9.13. The molecule has 2 aliphatic heterocycles. The van der Waals surface area contributed by atoms with Crippen LogP contribution in [0, 0.1) is 0 Å². The van der Waals surface area contributed by atoms with E-state index in [2.05, 4.69) is 6.07 Å². The lowest BCUT2D eigenvalue weighted by Gasteiger charge is -2.21. The van der Waals surface area contributed by atoms with Crippen LogP contribution in [0.25, 0.3) is 0 Å². The van der Waals surface area contributed by atoms with Gasteiger partial charge in [0, 0.05) is 13.0 Å². The molecular weight excluding hydrogens is 192 g/mol. The van der Waals surface area contributed by atoms with Crippen molar-refractivity contribution < 1.29 is 14.6 Å². The van der Waals surface area contributed by atoms with Gasteiger partial charge in [0.2, 0.25) is 0 Å². The fourth-order valence-electron chi connectivity index (χ4n) is 2.44. The second-order valence-electron chi connectivity index (χ2n) is 4.24. The van der Waals surface area contributed by atoms with E-state index in [-0.39, 0.29) is 12.2 Å². The zero-order valence-corrected chi connectivity index (χ0v) is 8.53. The Morgan fingerprint density at radius 2 is 2.33 bits per heavy atom. The van der Waals surface area contributed by atoms with Crippen molar-refractivity contribution in [1.82, 2.24) is 0 Å². The number of aliphatic hydroxyl groups excluding tert-OH is 1. The van der Waals surface area contributed by atoms with Crippen molar-refractivity contribution in [2.24, 2.45) is 0 Å². The second kappa shape index (κ2) is 3.30. The largest absolute Gasteiger partial charge is 0.392 e. The number of aliphatic hydroxyl groups is 1. The Balaban J connectivity index is 2.07. The summed E-state index contributed by atoms with van der Waals surface area (Å²) >= 11 is 0. The molecule has 1 atom stereocenters. The molecule has 0 saturated carbocycles. The SMILES string of the molecule is OCc1ccc2c(c1)C1(CCOC1)OC2. The molecule has 0 bridgehead atoms. The Bertz CT molecular complexity index is 380. The number of hydrogen-bond acceptors (Lipinski definition) is 3. The zero-order valence-electron chi connectivity index (χ0n) is 8.53. The molecule has 0 radical (unpaired) electrons. The summed E-state index contributed by atoms with van der Waals surface area (Å²) < 4.78 is 11.3. The summed E-state index contributed by atoms with van der Waals surface area (Å²) in [5, 5.41) is 9.13. The summed E-state index contributed by atoms with van der Waals surface area (Å²) in [5.41, 5.74) is 3.18. The molecule has 3 rings (SSSR count). The summed E-state index contributed by atoms with van der Waals surface area (Å²) in [6.45, 7) is 2.17. The van der Waals surface area contributed by atoms with Crippen LogP contribution in [0.15, 0.2) is 18.2 Å². The first-order chi connectivity index (χ1) is 7.34. The molecule has 1 aromatic carbocycles. The predicted octanol–water partition coefficient (Wildman–Crippen LogP) is 1.32. The van der Waals surface area contributed by atoms with E-state index < -0.39 is 0 Å². The van der Waals surface area contributed by atoms with Crippen molar-refractivity contribution in [2.75, 3.05) is 13.2 Å². The van der Waals surface area contributed by atoms with E-state index in [0.717, 1.165) is 18.6 Å². The predicted molar refractivity (Wildman–Crippen MR) is 54.3 cm³/mol. The van der Waals surface area contributed by atoms with Gasteiger partial charge in [-0.2, -0.15) is 0 Å². The first-order valence-corrected chi connectivity index (χ1v) is 5.29. The van der Waals surface area contributed by atoms with Gasteiger partial charge >= 0.3 is 0 Å². The summed E-state index contributed by atoms with van der Waals surface area (Å²) in [7, 11) is 0. The molecule has 1 spiro atoms. The van der Waals surface area contributed by atoms with Crippen LogP contribution in [-0.2, 0) is 28.3 Å². The van der Waals surface area contributed by atoms with Crippen LogP contribution in [0.5, 0.6) is 0 Å². The number of fused-ring (bicyclic) bond motifs is 2. The van der Waals surface area contributed by atoms with E-state index in [9.17, 15) is 0 Å². The van der Waals surface area contributed by atoms with Crippen LogP contribution < -0.4 is 0 Å². The molecule has 2 aliphatic rings. The van der Waals surface area contributed by atoms with Crippen molar-refractivity contribution in [3.8, 4) is 0 Å². The molecule has 1 N–H and O–H groups in total. The zero-order chi connectivity index (χ0) is 10.3. The minimum absolute atomic E-state index is 0.0875. The number of ether oxygens (including phenoxy) is 2. The topological polar surface area (TPSA) is 38.7 Å². The van der Waals surface area contributed by atoms with Gasteiger partial charge in [-0.15, -0.1) is 0 Å². The highest BCUT2D eigenvalue weighted by molar-refractivity contribution is 5.39. The molecule has 80 valence electrons. The highest BCUT2D eigenvalue weighted by Crippen LogP contribution is 2.42. The standard InChI is InChI=1S/C12H14O3/c13-6-9-1-2-10-7-15-12(11(10)5-9)3-4-14-8-12/h1-2,5,13H,3-4,6-8H2. The molecule has 15 heavy (non-hydrogen) atoms. The first-order valence-electron chi connectivity index (χ1n) is 5.29. The molecule has 1 unspecified atom stereocenters. The lowest BCUT2D eigenvalue weighted by atomic mass is 9.90. The van der Waals surface area contributed by atoms with Crippen molar-refractivity contribution in [3.05, 3.63) is 34.9 Å². The monoisotopic (exact) mass is 206 g/mol. The van der Waals surface area contributed by atoms with Crippen molar-refractivity contribution in [3.63, 3.8) is 0 Å². The first kappa shape index (κ1) is 9.33. The maximum absolute atomic E-state index is 9.13. The van der Waals surface area contributed by atoms with Gasteiger partial charge in [-0.05, 0) is 16.7 Å². The minimum atomic E-state index is -0.222. The molecule has 3 heteroatoms. The molecule has 2 heterocycles. The molecule has 0 aliphatic carbocycles. The van der Waals surface area contributed by atoms with Crippen LogP contribution >= 0.6 is 0 Å². The highest BCUT2D eigenvalue weighted by Gasteiger charge is 2.43. The van der Waals surface area contributed by atoms with Gasteiger partial charge in [0.25, 0.3) is 0 Å². The van der Waals surface area contributed by atoms with Gasteiger partial charge in [-0.25, -0.2) is 0 Å². The fraction of sp³-hybridized carbons (Fsp3) is 0.500. The van der Waals surface area contributed by atoms with E-state index in [1.165, 1.54) is 11.1 Å². The Morgan fingerprint density at radius 3 is 3.07 bits per heavy atom. The van der Waals surface area contributed by atoms with Crippen LogP contribution in [-0.4, -0.2) is 18.3 Å². The van der Waals surface area contributed by atoms with E-state index in [4.69, 9.17) is 14.6 Å². The molecule has 1 fully saturated rings. The minimum Gasteiger partial charge on any atom is -0.392 e. The van der Waals surface area contributed by atoms with E-state index in [1.54, 1.807) is 0 Å². The van der Waals surface area contributed by atoms with Crippen LogP contribution in [0.4, 0.5) is 0 Å². The normalized spacial score (nSPS) is 28.6. The summed E-state index contributed by atoms with van der Waals surface area (Å²) in [6, 6.07) is 6.06. The van der Waals surface area contributed by atoms with Gasteiger partial charge in [0.15, 0.2) is 0 Å².